The topological polar surface area (TPSA) is 27.7 Å². The van der Waals surface area contributed by atoms with E-state index in [2.05, 4.69) is 60.8 Å². The normalized spacial score (nSPS) is 15.4. The Labute approximate surface area is 141 Å². The van der Waals surface area contributed by atoms with Gasteiger partial charge in [0, 0.05) is 7.11 Å². The van der Waals surface area contributed by atoms with Gasteiger partial charge in [0.25, 0.3) is 0 Å². The second kappa shape index (κ2) is 8.97. The summed E-state index contributed by atoms with van der Waals surface area (Å²) in [6.45, 7) is 19.8. The van der Waals surface area contributed by atoms with Crippen molar-refractivity contribution in [2.45, 2.75) is 97.6 Å². The quantitative estimate of drug-likeness (QED) is 0.278. The third-order valence-electron chi connectivity index (χ3n) is 4.17. The molecule has 0 bridgehead atoms. The van der Waals surface area contributed by atoms with E-state index in [0.29, 0.717) is 0 Å². The number of hydrogen-bond acceptors (Lipinski definition) is 3. The molecular weight excluding hydrogens is 308 g/mol. The van der Waals surface area contributed by atoms with E-state index in [0.717, 1.165) is 5.92 Å². The predicted molar refractivity (Wildman–Crippen MR) is 101 cm³/mol. The Kier molecular flexibility index (Phi) is 9.10. The molecule has 0 aromatic rings. The highest BCUT2D eigenvalue weighted by Crippen LogP contribution is 2.28. The molecule has 0 saturated heterocycles. The standard InChI is InChI=1S/C17H40O3Si2/c1-15(2)13-11-12-14-21(7,8)19-17(4,5)20-22(9,10)16(3)18-6/h15-16H,11-14H2,1-10H3. The second-order valence-electron chi connectivity index (χ2n) is 8.48. The maximum Gasteiger partial charge on any atom is 0.218 e. The van der Waals surface area contributed by atoms with E-state index < -0.39 is 22.4 Å². The van der Waals surface area contributed by atoms with Gasteiger partial charge in [-0.25, -0.2) is 0 Å². The smallest absolute Gasteiger partial charge is 0.218 e. The van der Waals surface area contributed by atoms with Crippen LogP contribution in [-0.4, -0.2) is 35.3 Å². The summed E-state index contributed by atoms with van der Waals surface area (Å²) in [4.78, 5) is 0. The fourth-order valence-electron chi connectivity index (χ4n) is 2.84. The second-order valence-corrected chi connectivity index (χ2v) is 16.9. The Bertz CT molecular complexity index is 315. The number of rotatable bonds is 11. The van der Waals surface area contributed by atoms with Gasteiger partial charge in [0.05, 0.1) is 5.73 Å². The molecule has 0 aliphatic heterocycles. The van der Waals surface area contributed by atoms with E-state index in [-0.39, 0.29) is 5.73 Å². The lowest BCUT2D eigenvalue weighted by atomic mass is 10.1. The first kappa shape index (κ1) is 22.3. The summed E-state index contributed by atoms with van der Waals surface area (Å²) in [5.74, 6) is 0.281. The average molecular weight is 349 g/mol. The van der Waals surface area contributed by atoms with Gasteiger partial charge in [0.15, 0.2) is 8.32 Å². The Balaban J connectivity index is 4.48. The van der Waals surface area contributed by atoms with Gasteiger partial charge in [-0.05, 0) is 58.9 Å². The molecule has 0 aromatic carbocycles. The fraction of sp³-hybridized carbons (Fsp3) is 1.00. The lowest BCUT2D eigenvalue weighted by molar-refractivity contribution is -0.102. The lowest BCUT2D eigenvalue weighted by Gasteiger charge is -2.41. The summed E-state index contributed by atoms with van der Waals surface area (Å²) in [7, 11) is -1.87. The fourth-order valence-corrected chi connectivity index (χ4v) is 7.54. The van der Waals surface area contributed by atoms with Crippen LogP contribution in [0, 0.1) is 5.92 Å². The molecule has 22 heavy (non-hydrogen) atoms. The highest BCUT2D eigenvalue weighted by Gasteiger charge is 2.40. The van der Waals surface area contributed by atoms with Crippen LogP contribution in [0.1, 0.15) is 53.9 Å². The van der Waals surface area contributed by atoms with Crippen molar-refractivity contribution >= 4 is 16.6 Å². The third-order valence-corrected chi connectivity index (χ3v) is 9.99. The third kappa shape index (κ3) is 9.45. The van der Waals surface area contributed by atoms with E-state index in [4.69, 9.17) is 13.6 Å². The van der Waals surface area contributed by atoms with Gasteiger partial charge in [0.2, 0.25) is 8.32 Å². The molecule has 0 aromatic heterocycles. The molecule has 0 saturated carbocycles. The van der Waals surface area contributed by atoms with Crippen LogP contribution < -0.4 is 0 Å². The molecular formula is C17H40O3Si2. The molecule has 0 spiro atoms. The highest BCUT2D eigenvalue weighted by atomic mass is 28.4. The van der Waals surface area contributed by atoms with E-state index in [1.807, 2.05) is 0 Å². The van der Waals surface area contributed by atoms with E-state index >= 15 is 0 Å². The van der Waals surface area contributed by atoms with Crippen molar-refractivity contribution in [3.05, 3.63) is 0 Å². The van der Waals surface area contributed by atoms with E-state index in [9.17, 15) is 0 Å². The molecule has 0 radical (unpaired) electrons. The monoisotopic (exact) mass is 348 g/mol. The van der Waals surface area contributed by atoms with Crippen LogP contribution >= 0.6 is 0 Å². The first-order valence-electron chi connectivity index (χ1n) is 8.74. The predicted octanol–water partition coefficient (Wildman–Crippen LogP) is 5.57. The molecule has 1 unspecified atom stereocenters. The van der Waals surface area contributed by atoms with Crippen molar-refractivity contribution in [1.82, 2.24) is 0 Å². The lowest BCUT2D eigenvalue weighted by Crippen LogP contribution is -2.53. The van der Waals surface area contributed by atoms with Crippen LogP contribution in [-0.2, 0) is 13.6 Å². The maximum absolute atomic E-state index is 6.46. The molecule has 0 aliphatic carbocycles. The molecule has 0 amide bonds. The van der Waals surface area contributed by atoms with Gasteiger partial charge < -0.3 is 13.6 Å². The Morgan fingerprint density at radius 1 is 0.909 bits per heavy atom. The summed E-state index contributed by atoms with van der Waals surface area (Å²) in [6, 6.07) is 1.20. The summed E-state index contributed by atoms with van der Waals surface area (Å²) in [5.41, 5.74) is 0.159. The minimum atomic E-state index is -1.92. The molecule has 0 aliphatic rings. The molecule has 0 rings (SSSR count). The van der Waals surface area contributed by atoms with Crippen LogP contribution in [0.3, 0.4) is 0 Å². The first-order valence-corrected chi connectivity index (χ1v) is 14.8. The highest BCUT2D eigenvalue weighted by molar-refractivity contribution is 6.73. The Hall–Kier alpha value is 0.314. The van der Waals surface area contributed by atoms with Gasteiger partial charge in [0.1, 0.15) is 5.79 Å². The zero-order valence-electron chi connectivity index (χ0n) is 16.7. The number of ether oxygens (including phenoxy) is 1. The Morgan fingerprint density at radius 3 is 1.91 bits per heavy atom. The van der Waals surface area contributed by atoms with E-state index in [1.54, 1.807) is 7.11 Å². The van der Waals surface area contributed by atoms with Crippen LogP contribution in [0.5, 0.6) is 0 Å². The van der Waals surface area contributed by atoms with Crippen molar-refractivity contribution in [2.24, 2.45) is 5.92 Å². The number of methoxy groups -OCH3 is 1. The van der Waals surface area contributed by atoms with Crippen molar-refractivity contribution in [3.8, 4) is 0 Å². The zero-order chi connectivity index (χ0) is 17.6. The molecule has 0 N–H and O–H groups in total. The minimum absolute atomic E-state index is 0.159. The molecule has 0 fully saturated rings. The SMILES string of the molecule is COC(C)[Si](C)(C)OC(C)(C)O[Si](C)(C)CCCCC(C)C. The molecule has 0 heterocycles. The van der Waals surface area contributed by atoms with Gasteiger partial charge in [-0.2, -0.15) is 0 Å². The van der Waals surface area contributed by atoms with Crippen molar-refractivity contribution in [2.75, 3.05) is 7.11 Å². The summed E-state index contributed by atoms with van der Waals surface area (Å²) in [6.07, 6.45) is 3.89. The Morgan fingerprint density at radius 2 is 1.45 bits per heavy atom. The van der Waals surface area contributed by atoms with Crippen LogP contribution in [0.4, 0.5) is 0 Å². The first-order chi connectivity index (χ1) is 9.81. The minimum Gasteiger partial charge on any atom is -0.392 e. The molecule has 134 valence electrons. The summed E-state index contributed by atoms with van der Waals surface area (Å²) in [5, 5.41) is 0. The van der Waals surface area contributed by atoms with Crippen LogP contribution in [0.25, 0.3) is 0 Å². The number of unbranched alkanes of at least 4 members (excludes halogenated alkanes) is 1. The average Bonchev–Trinajstić information content (AvgIpc) is 2.30. The number of hydrogen-bond donors (Lipinski definition) is 0. The van der Waals surface area contributed by atoms with Gasteiger partial charge in [-0.15, -0.1) is 0 Å². The van der Waals surface area contributed by atoms with Crippen LogP contribution in [0.15, 0.2) is 0 Å². The summed E-state index contributed by atoms with van der Waals surface area (Å²) < 4.78 is 18.3. The van der Waals surface area contributed by atoms with Gasteiger partial charge in [-0.1, -0.05) is 33.1 Å². The summed E-state index contributed by atoms with van der Waals surface area (Å²) >= 11 is 0. The maximum atomic E-state index is 6.46. The van der Waals surface area contributed by atoms with E-state index in [1.165, 1.54) is 25.3 Å². The van der Waals surface area contributed by atoms with Crippen LogP contribution in [0.2, 0.25) is 32.2 Å². The molecule has 1 atom stereocenters. The largest absolute Gasteiger partial charge is 0.392 e. The van der Waals surface area contributed by atoms with Gasteiger partial charge >= 0.3 is 0 Å². The van der Waals surface area contributed by atoms with Gasteiger partial charge in [-0.3, -0.25) is 0 Å². The van der Waals surface area contributed by atoms with Crippen molar-refractivity contribution in [1.29, 1.82) is 0 Å². The van der Waals surface area contributed by atoms with Crippen molar-refractivity contribution in [3.63, 3.8) is 0 Å². The molecule has 3 nitrogen and oxygen atoms in total. The van der Waals surface area contributed by atoms with Crippen molar-refractivity contribution < 1.29 is 13.6 Å². The molecule has 5 heteroatoms. The zero-order valence-corrected chi connectivity index (χ0v) is 18.7.